The number of hydrogen-bond donors (Lipinski definition) is 1. The van der Waals surface area contributed by atoms with Crippen molar-refractivity contribution in [2.45, 2.75) is 44.4 Å². The first-order chi connectivity index (χ1) is 14.1. The molecule has 0 aliphatic carbocycles. The van der Waals surface area contributed by atoms with Gasteiger partial charge in [-0.05, 0) is 30.5 Å². The van der Waals surface area contributed by atoms with Gasteiger partial charge in [0.15, 0.2) is 0 Å². The molecule has 1 spiro atoms. The molecular formula is C20H26F4N2O4. The molecular weight excluding hydrogens is 408 g/mol. The van der Waals surface area contributed by atoms with Crippen LogP contribution in [0, 0.1) is 5.82 Å². The van der Waals surface area contributed by atoms with Crippen molar-refractivity contribution in [1.29, 1.82) is 0 Å². The third-order valence-corrected chi connectivity index (χ3v) is 5.43. The van der Waals surface area contributed by atoms with Gasteiger partial charge in [-0.2, -0.15) is 13.2 Å². The Morgan fingerprint density at radius 2 is 1.70 bits per heavy atom. The summed E-state index contributed by atoms with van der Waals surface area (Å²) in [5, 5.41) is 7.12. The smallest absolute Gasteiger partial charge is 0.475 e. The molecule has 6 nitrogen and oxygen atoms in total. The molecule has 0 unspecified atom stereocenters. The van der Waals surface area contributed by atoms with E-state index in [0.717, 1.165) is 57.8 Å². The molecule has 0 saturated carbocycles. The molecule has 3 rings (SSSR count). The monoisotopic (exact) mass is 434 g/mol. The van der Waals surface area contributed by atoms with Crippen LogP contribution in [0.2, 0.25) is 0 Å². The van der Waals surface area contributed by atoms with E-state index >= 15 is 0 Å². The lowest BCUT2D eigenvalue weighted by molar-refractivity contribution is -0.192. The number of likely N-dealkylation sites (tertiary alicyclic amines) is 1. The maximum absolute atomic E-state index is 13.1. The minimum Gasteiger partial charge on any atom is -0.475 e. The van der Waals surface area contributed by atoms with Crippen LogP contribution in [0.1, 0.15) is 31.7 Å². The number of aliphatic carboxylic acids is 1. The van der Waals surface area contributed by atoms with Crippen molar-refractivity contribution >= 4 is 11.9 Å². The summed E-state index contributed by atoms with van der Waals surface area (Å²) in [5.41, 5.74) is 1.14. The lowest BCUT2D eigenvalue weighted by atomic mass is 9.85. The quantitative estimate of drug-likeness (QED) is 0.741. The van der Waals surface area contributed by atoms with Gasteiger partial charge in [0.1, 0.15) is 5.82 Å². The fraction of sp³-hybridized carbons (Fsp3) is 0.600. The van der Waals surface area contributed by atoms with Crippen molar-refractivity contribution in [2.24, 2.45) is 0 Å². The van der Waals surface area contributed by atoms with Crippen molar-refractivity contribution in [3.63, 3.8) is 0 Å². The largest absolute Gasteiger partial charge is 0.490 e. The second-order valence-corrected chi connectivity index (χ2v) is 7.36. The molecule has 0 radical (unpaired) electrons. The maximum Gasteiger partial charge on any atom is 0.490 e. The molecule has 0 aromatic heterocycles. The predicted molar refractivity (Wildman–Crippen MR) is 100 cm³/mol. The molecule has 1 aromatic carbocycles. The minimum absolute atomic E-state index is 0.0111. The average Bonchev–Trinajstić information content (AvgIpc) is 2.71. The van der Waals surface area contributed by atoms with E-state index in [1.807, 2.05) is 24.0 Å². The Labute approximate surface area is 172 Å². The molecule has 1 N–H and O–H groups in total. The third-order valence-electron chi connectivity index (χ3n) is 5.43. The van der Waals surface area contributed by atoms with Gasteiger partial charge < -0.3 is 14.7 Å². The Kier molecular flexibility index (Phi) is 8.19. The Balaban J connectivity index is 0.000000396. The van der Waals surface area contributed by atoms with Crippen LogP contribution in [0.3, 0.4) is 0 Å². The summed E-state index contributed by atoms with van der Waals surface area (Å²) in [7, 11) is 0. The van der Waals surface area contributed by atoms with Crippen LogP contribution < -0.4 is 0 Å². The van der Waals surface area contributed by atoms with Gasteiger partial charge in [0, 0.05) is 38.1 Å². The van der Waals surface area contributed by atoms with Gasteiger partial charge in [0.25, 0.3) is 0 Å². The molecule has 30 heavy (non-hydrogen) atoms. The summed E-state index contributed by atoms with van der Waals surface area (Å²) in [5.74, 6) is -2.72. The fourth-order valence-corrected chi connectivity index (χ4v) is 3.68. The molecule has 168 valence electrons. The van der Waals surface area contributed by atoms with Gasteiger partial charge in [-0.1, -0.05) is 19.1 Å². The van der Waals surface area contributed by atoms with Crippen LogP contribution in [-0.2, 0) is 20.9 Å². The standard InChI is InChI=1S/C18H25FN2O2.C2HF3O2/c1-2-17(22)20-9-7-18(8-10-20)14-23-12-11-21(18)13-15-3-5-16(19)6-4-15;3-2(4,5)1(6)7/h3-6H,2,7-14H2,1H3;(H,6,7). The number of carboxylic acid groups (broad SMARTS) is 1. The number of rotatable bonds is 3. The zero-order valence-corrected chi connectivity index (χ0v) is 16.8. The molecule has 1 aromatic rings. The molecule has 10 heteroatoms. The minimum atomic E-state index is -5.08. The van der Waals surface area contributed by atoms with E-state index in [4.69, 9.17) is 14.6 Å². The number of ether oxygens (including phenoxy) is 1. The zero-order valence-electron chi connectivity index (χ0n) is 16.8. The van der Waals surface area contributed by atoms with Crippen LogP contribution in [0.25, 0.3) is 0 Å². The third kappa shape index (κ3) is 6.40. The topological polar surface area (TPSA) is 70.1 Å². The van der Waals surface area contributed by atoms with Gasteiger partial charge in [-0.15, -0.1) is 0 Å². The summed E-state index contributed by atoms with van der Waals surface area (Å²) < 4.78 is 50.6. The summed E-state index contributed by atoms with van der Waals surface area (Å²) in [6.45, 7) is 6.68. The van der Waals surface area contributed by atoms with E-state index in [1.54, 1.807) is 0 Å². The predicted octanol–water partition coefficient (Wildman–Crippen LogP) is 3.06. The Hall–Kier alpha value is -2.20. The molecule has 0 bridgehead atoms. The number of benzene rings is 1. The normalized spacial score (nSPS) is 19.2. The highest BCUT2D eigenvalue weighted by Gasteiger charge is 2.42. The highest BCUT2D eigenvalue weighted by atomic mass is 19.4. The lowest BCUT2D eigenvalue weighted by Gasteiger charge is -2.51. The Bertz CT molecular complexity index is 717. The van der Waals surface area contributed by atoms with E-state index in [0.29, 0.717) is 6.42 Å². The molecule has 2 heterocycles. The van der Waals surface area contributed by atoms with Crippen LogP contribution in [0.15, 0.2) is 24.3 Å². The molecule has 0 atom stereocenters. The first kappa shape index (κ1) is 24.1. The zero-order chi connectivity index (χ0) is 22.4. The number of hydrogen-bond acceptors (Lipinski definition) is 4. The van der Waals surface area contributed by atoms with E-state index in [-0.39, 0.29) is 17.3 Å². The fourth-order valence-electron chi connectivity index (χ4n) is 3.68. The molecule has 2 aliphatic heterocycles. The van der Waals surface area contributed by atoms with Gasteiger partial charge in [0.2, 0.25) is 5.91 Å². The molecule has 1 amide bonds. The van der Waals surface area contributed by atoms with E-state index in [9.17, 15) is 22.4 Å². The second-order valence-electron chi connectivity index (χ2n) is 7.36. The van der Waals surface area contributed by atoms with E-state index in [1.165, 1.54) is 12.1 Å². The SMILES string of the molecule is CCC(=O)N1CCC2(CC1)COCCN2Cc1ccc(F)cc1.O=C(O)C(F)(F)F. The van der Waals surface area contributed by atoms with Crippen LogP contribution in [-0.4, -0.2) is 71.3 Å². The summed E-state index contributed by atoms with van der Waals surface area (Å²) in [6.07, 6.45) is -2.62. The van der Waals surface area contributed by atoms with Crippen LogP contribution >= 0.6 is 0 Å². The number of amides is 1. The number of alkyl halides is 3. The van der Waals surface area contributed by atoms with Crippen molar-refractivity contribution < 1.29 is 37.0 Å². The highest BCUT2D eigenvalue weighted by Crippen LogP contribution is 2.33. The van der Waals surface area contributed by atoms with Crippen LogP contribution in [0.4, 0.5) is 17.6 Å². The number of halogens is 4. The summed E-state index contributed by atoms with van der Waals surface area (Å²) in [6, 6.07) is 6.75. The van der Waals surface area contributed by atoms with Gasteiger partial charge in [-0.25, -0.2) is 9.18 Å². The Morgan fingerprint density at radius 1 is 1.13 bits per heavy atom. The first-order valence-electron chi connectivity index (χ1n) is 9.72. The van der Waals surface area contributed by atoms with Gasteiger partial charge in [-0.3, -0.25) is 9.69 Å². The number of morpholine rings is 1. The molecule has 2 fully saturated rings. The molecule has 2 aliphatic rings. The first-order valence-corrected chi connectivity index (χ1v) is 9.72. The average molecular weight is 434 g/mol. The number of carbonyl (C=O) groups excluding carboxylic acids is 1. The highest BCUT2D eigenvalue weighted by molar-refractivity contribution is 5.75. The number of carbonyl (C=O) groups is 2. The van der Waals surface area contributed by atoms with Crippen molar-refractivity contribution in [1.82, 2.24) is 9.80 Å². The maximum atomic E-state index is 13.1. The van der Waals surface area contributed by atoms with Crippen LogP contribution in [0.5, 0.6) is 0 Å². The van der Waals surface area contributed by atoms with Crippen molar-refractivity contribution in [2.75, 3.05) is 32.8 Å². The Morgan fingerprint density at radius 3 is 2.20 bits per heavy atom. The van der Waals surface area contributed by atoms with Gasteiger partial charge >= 0.3 is 12.1 Å². The number of carboxylic acids is 1. The second kappa shape index (κ2) is 10.2. The number of piperidine rings is 1. The summed E-state index contributed by atoms with van der Waals surface area (Å²) in [4.78, 5) is 25.2. The number of nitrogens with zero attached hydrogens (tertiary/aromatic N) is 2. The van der Waals surface area contributed by atoms with E-state index < -0.39 is 12.1 Å². The van der Waals surface area contributed by atoms with Crippen molar-refractivity contribution in [3.8, 4) is 0 Å². The van der Waals surface area contributed by atoms with E-state index in [2.05, 4.69) is 4.90 Å². The van der Waals surface area contributed by atoms with Gasteiger partial charge in [0.05, 0.1) is 13.2 Å². The summed E-state index contributed by atoms with van der Waals surface area (Å²) >= 11 is 0. The van der Waals surface area contributed by atoms with Crippen molar-refractivity contribution in [3.05, 3.63) is 35.6 Å². The molecule has 2 saturated heterocycles. The lowest BCUT2D eigenvalue weighted by Crippen LogP contribution is -2.61.